The van der Waals surface area contributed by atoms with E-state index in [0.29, 0.717) is 0 Å². The van der Waals surface area contributed by atoms with Gasteiger partial charge in [-0.1, -0.05) is 0 Å². The van der Waals surface area contributed by atoms with E-state index in [1.807, 2.05) is 0 Å². The molecular formula is C11H10F13NO3. The molecule has 0 saturated carbocycles. The first-order chi connectivity index (χ1) is 12.1. The number of alkyl halides is 13. The lowest BCUT2D eigenvalue weighted by Gasteiger charge is -2.39. The van der Waals surface area contributed by atoms with Crippen LogP contribution in [-0.2, 0) is 9.53 Å². The first-order valence-corrected chi connectivity index (χ1v) is 6.60. The third-order valence-electron chi connectivity index (χ3n) is 3.16. The molecule has 0 saturated heterocycles. The Kier molecular flexibility index (Phi) is 7.30. The molecule has 0 fully saturated rings. The van der Waals surface area contributed by atoms with Crippen molar-refractivity contribution in [2.24, 2.45) is 5.73 Å². The highest BCUT2D eigenvalue weighted by molar-refractivity contribution is 5.75. The molecule has 0 aromatic carbocycles. The summed E-state index contributed by atoms with van der Waals surface area (Å²) >= 11 is 0. The van der Waals surface area contributed by atoms with Crippen LogP contribution < -0.4 is 5.73 Å². The fourth-order valence-corrected chi connectivity index (χ4v) is 1.42. The quantitative estimate of drug-likeness (QED) is 0.418. The second-order valence-corrected chi connectivity index (χ2v) is 5.21. The smallest absolute Gasteiger partial charge is 0.460 e. The number of hydrogen-bond donors (Lipinski definition) is 2. The number of carbonyl (C=O) groups is 1. The summed E-state index contributed by atoms with van der Waals surface area (Å²) in [5, 5.41) is 8.39. The van der Waals surface area contributed by atoms with Crippen LogP contribution in [0.5, 0.6) is 0 Å². The van der Waals surface area contributed by atoms with Gasteiger partial charge in [0.05, 0.1) is 19.6 Å². The maximum atomic E-state index is 13.3. The molecule has 0 aromatic rings. The third-order valence-corrected chi connectivity index (χ3v) is 3.16. The lowest BCUT2D eigenvalue weighted by molar-refractivity contribution is -0.440. The number of halogens is 13. The van der Waals surface area contributed by atoms with Gasteiger partial charge in [-0.25, -0.2) is 0 Å². The highest BCUT2D eigenvalue weighted by atomic mass is 19.4. The minimum Gasteiger partial charge on any atom is -0.464 e. The van der Waals surface area contributed by atoms with Crippen LogP contribution in [-0.4, -0.2) is 66.1 Å². The van der Waals surface area contributed by atoms with Crippen LogP contribution in [0.2, 0.25) is 0 Å². The summed E-state index contributed by atoms with van der Waals surface area (Å²) in [6, 6.07) is -1.88. The number of hydrogen-bond acceptors (Lipinski definition) is 4. The Balaban J connectivity index is 5.71. The van der Waals surface area contributed by atoms with Crippen molar-refractivity contribution in [3.63, 3.8) is 0 Å². The lowest BCUT2D eigenvalue weighted by atomic mass is 9.93. The Morgan fingerprint density at radius 2 is 1.18 bits per heavy atom. The van der Waals surface area contributed by atoms with Crippen molar-refractivity contribution in [3.05, 3.63) is 0 Å². The van der Waals surface area contributed by atoms with E-state index < -0.39 is 67.4 Å². The number of carbonyl (C=O) groups excluding carboxylic acids is 1. The van der Waals surface area contributed by atoms with E-state index in [4.69, 9.17) is 10.8 Å². The van der Waals surface area contributed by atoms with E-state index in [0.717, 1.165) is 0 Å². The van der Waals surface area contributed by atoms with Crippen molar-refractivity contribution in [1.29, 1.82) is 0 Å². The molecule has 0 spiro atoms. The minimum absolute atomic E-state index is 1.14. The van der Waals surface area contributed by atoms with Gasteiger partial charge in [-0.15, -0.1) is 0 Å². The number of aliphatic hydroxyl groups is 1. The van der Waals surface area contributed by atoms with Gasteiger partial charge in [0.15, 0.2) is 0 Å². The van der Waals surface area contributed by atoms with E-state index in [1.165, 1.54) is 0 Å². The monoisotopic (exact) mass is 451 g/mol. The minimum atomic E-state index is -7.99. The molecule has 0 aliphatic heterocycles. The Hall–Kier alpha value is -1.52. The second-order valence-electron chi connectivity index (χ2n) is 5.21. The topological polar surface area (TPSA) is 72.5 Å². The number of nitrogens with two attached hydrogens (primary N) is 1. The number of aliphatic hydroxyl groups excluding tert-OH is 1. The Morgan fingerprint density at radius 1 is 0.786 bits per heavy atom. The van der Waals surface area contributed by atoms with Gasteiger partial charge in [-0.2, -0.15) is 57.1 Å². The molecule has 0 unspecified atom stereocenters. The summed E-state index contributed by atoms with van der Waals surface area (Å²) in [6.07, 6.45) is -10.2. The van der Waals surface area contributed by atoms with E-state index in [9.17, 15) is 61.9 Å². The zero-order chi connectivity index (χ0) is 23.0. The zero-order valence-electron chi connectivity index (χ0n) is 13.0. The molecule has 0 bridgehead atoms. The van der Waals surface area contributed by atoms with Crippen LogP contribution in [0.3, 0.4) is 0 Å². The zero-order valence-corrected chi connectivity index (χ0v) is 13.0. The molecule has 0 aliphatic rings. The van der Waals surface area contributed by atoms with Gasteiger partial charge >= 0.3 is 41.8 Å². The molecular weight excluding hydrogens is 441 g/mol. The molecule has 3 N–H and O–H groups in total. The summed E-state index contributed by atoms with van der Waals surface area (Å²) < 4.78 is 170. The van der Waals surface area contributed by atoms with Crippen molar-refractivity contribution in [2.45, 2.75) is 48.3 Å². The molecule has 0 aliphatic carbocycles. The molecule has 4 nitrogen and oxygen atoms in total. The van der Waals surface area contributed by atoms with Crippen LogP contribution in [0.15, 0.2) is 0 Å². The molecule has 0 radical (unpaired) electrons. The molecule has 0 heterocycles. The first-order valence-electron chi connectivity index (χ1n) is 6.60. The fraction of sp³-hybridized carbons (Fsp3) is 0.909. The van der Waals surface area contributed by atoms with E-state index >= 15 is 0 Å². The van der Waals surface area contributed by atoms with Gasteiger partial charge in [0.2, 0.25) is 0 Å². The Labute approximate surface area is 146 Å². The molecule has 0 aromatic heterocycles. The largest absolute Gasteiger partial charge is 0.464 e. The maximum absolute atomic E-state index is 13.3. The summed E-state index contributed by atoms with van der Waals surface area (Å²) in [5.74, 6) is -39.2. The van der Waals surface area contributed by atoms with Crippen molar-refractivity contribution in [1.82, 2.24) is 0 Å². The Bertz CT molecular complexity index is 560. The number of esters is 1. The predicted octanol–water partition coefficient (Wildman–Crippen LogP) is 2.98. The van der Waals surface area contributed by atoms with Crippen LogP contribution in [0.1, 0.15) is 6.42 Å². The summed E-state index contributed by atoms with van der Waals surface area (Å²) in [4.78, 5) is 10.9. The maximum Gasteiger partial charge on any atom is 0.460 e. The summed E-state index contributed by atoms with van der Waals surface area (Å²) in [6.45, 7) is -3.05. The van der Waals surface area contributed by atoms with E-state index in [1.54, 1.807) is 0 Å². The second kappa shape index (κ2) is 7.72. The number of rotatable bonds is 9. The van der Waals surface area contributed by atoms with Gasteiger partial charge in [-0.3, -0.25) is 4.79 Å². The van der Waals surface area contributed by atoms with E-state index in [-0.39, 0.29) is 0 Å². The highest BCUT2D eigenvalue weighted by Crippen LogP contribution is 2.60. The van der Waals surface area contributed by atoms with Gasteiger partial charge < -0.3 is 15.6 Å². The molecule has 1 atom stereocenters. The first kappa shape index (κ1) is 26.5. The van der Waals surface area contributed by atoms with Crippen molar-refractivity contribution < 1.29 is 71.7 Å². The number of ether oxygens (including phenoxy) is 1. The van der Waals surface area contributed by atoms with Crippen molar-refractivity contribution >= 4 is 5.97 Å². The van der Waals surface area contributed by atoms with Gasteiger partial charge in [0, 0.05) is 0 Å². The SMILES string of the molecule is N[C@@H](CO)C(=O)OCCC(F)(F)C(F)(F)C(F)(F)C(F)(F)C(F)(F)C(F)(F)F. The average molecular weight is 451 g/mol. The Morgan fingerprint density at radius 3 is 1.54 bits per heavy atom. The molecule has 17 heteroatoms. The molecule has 0 amide bonds. The highest BCUT2D eigenvalue weighted by Gasteiger charge is 2.90. The van der Waals surface area contributed by atoms with Crippen molar-refractivity contribution in [2.75, 3.05) is 13.2 Å². The van der Waals surface area contributed by atoms with Crippen molar-refractivity contribution in [3.8, 4) is 0 Å². The lowest BCUT2D eigenvalue weighted by Crippen LogP contribution is -2.70. The summed E-state index contributed by atoms with van der Waals surface area (Å²) in [7, 11) is 0. The van der Waals surface area contributed by atoms with Gasteiger partial charge in [-0.05, 0) is 0 Å². The van der Waals surface area contributed by atoms with Crippen LogP contribution in [0.4, 0.5) is 57.1 Å². The molecule has 28 heavy (non-hydrogen) atoms. The fourth-order valence-electron chi connectivity index (χ4n) is 1.42. The van der Waals surface area contributed by atoms with Gasteiger partial charge in [0.25, 0.3) is 0 Å². The van der Waals surface area contributed by atoms with E-state index in [2.05, 4.69) is 4.74 Å². The standard InChI is InChI=1S/C11H10F13NO3/c12-6(13,1-2-28-5(27)4(25)3-26)7(14,15)8(16,17)9(18,19)10(20,21)11(22,23)24/h4,26H,1-3,25H2/t4-/m0/s1. The van der Waals surface area contributed by atoms with Gasteiger partial charge in [0.1, 0.15) is 6.04 Å². The van der Waals surface area contributed by atoms with Crippen LogP contribution in [0.25, 0.3) is 0 Å². The normalized spacial score (nSPS) is 16.1. The molecule has 168 valence electrons. The van der Waals surface area contributed by atoms with Crippen LogP contribution in [0, 0.1) is 0 Å². The summed E-state index contributed by atoms with van der Waals surface area (Å²) in [5.41, 5.74) is 4.80. The average Bonchev–Trinajstić information content (AvgIpc) is 2.51. The third kappa shape index (κ3) is 4.23. The molecule has 0 rings (SSSR count). The predicted molar refractivity (Wildman–Crippen MR) is 61.4 cm³/mol. The van der Waals surface area contributed by atoms with Crippen LogP contribution >= 0.6 is 0 Å².